The van der Waals surface area contributed by atoms with E-state index in [0.29, 0.717) is 11.5 Å². The van der Waals surface area contributed by atoms with Gasteiger partial charge in [0, 0.05) is 0 Å². The highest BCUT2D eigenvalue weighted by Gasteiger charge is 2.57. The molecule has 0 heterocycles. The molecular weight excluding hydrogens is 361 g/mol. The summed E-state index contributed by atoms with van der Waals surface area (Å²) >= 11 is 0. The van der Waals surface area contributed by atoms with E-state index >= 15 is 0 Å². The Labute approximate surface area is 142 Å². The van der Waals surface area contributed by atoms with Crippen molar-refractivity contribution < 1.29 is 34.9 Å². The summed E-state index contributed by atoms with van der Waals surface area (Å²) < 4.78 is 75.3. The van der Waals surface area contributed by atoms with Crippen LogP contribution in [0.25, 0.3) is 0 Å². The van der Waals surface area contributed by atoms with Crippen molar-refractivity contribution in [2.24, 2.45) is 0 Å². The van der Waals surface area contributed by atoms with Crippen molar-refractivity contribution >= 4 is 15.9 Å². The summed E-state index contributed by atoms with van der Waals surface area (Å²) in [5.74, 6) is 0.454. The number of benzene rings is 2. The molecule has 5 nitrogen and oxygen atoms in total. The van der Waals surface area contributed by atoms with E-state index in [-0.39, 0.29) is 11.1 Å². The van der Waals surface area contributed by atoms with Gasteiger partial charge in [0.05, 0.1) is 25.3 Å². The normalized spacial score (nSPS) is 11.7. The zero-order chi connectivity index (χ0) is 18.7. The van der Waals surface area contributed by atoms with Crippen molar-refractivity contribution in [1.29, 1.82) is 0 Å². The van der Waals surface area contributed by atoms with Gasteiger partial charge in [0.2, 0.25) is 0 Å². The van der Waals surface area contributed by atoms with Crippen molar-refractivity contribution in [3.8, 4) is 11.5 Å². The molecule has 2 aromatic rings. The number of ether oxygens (including phenoxy) is 2. The smallest absolute Gasteiger partial charge is 0.497 e. The summed E-state index contributed by atoms with van der Waals surface area (Å²) in [5.41, 5.74) is -5.27. The fraction of sp³-hybridized carbons (Fsp3) is 0.188. The van der Waals surface area contributed by atoms with Crippen LogP contribution in [0.5, 0.6) is 11.5 Å². The quantitative estimate of drug-likeness (QED) is 0.457. The van der Waals surface area contributed by atoms with Gasteiger partial charge < -0.3 is 9.47 Å². The Bertz CT molecular complexity index is 805. The van der Waals surface area contributed by atoms with Gasteiger partial charge in [0.15, 0.2) is 0 Å². The van der Waals surface area contributed by atoms with Crippen LogP contribution in [0.4, 0.5) is 13.2 Å². The number of hydrogen-bond acceptors (Lipinski definition) is 4. The van der Waals surface area contributed by atoms with Crippen molar-refractivity contribution in [2.45, 2.75) is 5.51 Å². The SMILES string of the molecule is COc1ccc(C(=[O+]S(=O)(=O)C(F)(F)F)c2ccc(OC)cc2)cc1. The Morgan fingerprint density at radius 2 is 1.20 bits per heavy atom. The minimum absolute atomic E-state index is 0.138. The zero-order valence-electron chi connectivity index (χ0n) is 13.2. The lowest BCUT2D eigenvalue weighted by Gasteiger charge is -2.03. The highest BCUT2D eigenvalue weighted by Crippen LogP contribution is 2.26. The molecule has 9 heteroatoms. The van der Waals surface area contributed by atoms with E-state index in [1.54, 1.807) is 0 Å². The van der Waals surface area contributed by atoms with E-state index in [0.717, 1.165) is 0 Å². The molecule has 0 fully saturated rings. The predicted octanol–water partition coefficient (Wildman–Crippen LogP) is 3.32. The van der Waals surface area contributed by atoms with E-state index in [9.17, 15) is 21.6 Å². The Morgan fingerprint density at radius 1 is 0.840 bits per heavy atom. The zero-order valence-corrected chi connectivity index (χ0v) is 14.0. The second kappa shape index (κ2) is 7.14. The Morgan fingerprint density at radius 3 is 1.48 bits per heavy atom. The van der Waals surface area contributed by atoms with Crippen LogP contribution in [-0.4, -0.2) is 33.9 Å². The second-order valence-electron chi connectivity index (χ2n) is 4.77. The number of alkyl halides is 3. The molecule has 0 amide bonds. The Balaban J connectivity index is 2.61. The highest BCUT2D eigenvalue weighted by molar-refractivity contribution is 7.86. The third kappa shape index (κ3) is 4.30. The van der Waals surface area contributed by atoms with E-state index in [4.69, 9.17) is 9.47 Å². The first-order valence-electron chi connectivity index (χ1n) is 6.84. The lowest BCUT2D eigenvalue weighted by Crippen LogP contribution is -2.23. The number of rotatable bonds is 5. The van der Waals surface area contributed by atoms with E-state index in [1.807, 2.05) is 0 Å². The van der Waals surface area contributed by atoms with Crippen molar-refractivity contribution in [1.82, 2.24) is 0 Å². The highest BCUT2D eigenvalue weighted by atomic mass is 32.2. The minimum Gasteiger partial charge on any atom is -0.497 e. The molecule has 0 bridgehead atoms. The van der Waals surface area contributed by atoms with Crippen molar-refractivity contribution in [3.05, 3.63) is 59.7 Å². The van der Waals surface area contributed by atoms with Gasteiger partial charge in [-0.3, -0.25) is 0 Å². The van der Waals surface area contributed by atoms with Gasteiger partial charge in [0.1, 0.15) is 11.5 Å². The number of hydrogen-bond donors (Lipinski definition) is 0. The van der Waals surface area contributed by atoms with Crippen LogP contribution in [-0.2, 0) is 10.1 Å². The maximum absolute atomic E-state index is 12.7. The lowest BCUT2D eigenvalue weighted by atomic mass is 10.0. The Kier molecular flexibility index (Phi) is 5.36. The fourth-order valence-corrected chi connectivity index (χ4v) is 2.41. The molecule has 0 spiro atoms. The summed E-state index contributed by atoms with van der Waals surface area (Å²) in [7, 11) is -2.98. The standard InChI is InChI=1S/C16H14F3O5S/c1-22-13-7-3-11(4-8-13)15(24-25(20,21)16(17,18)19)12-5-9-14(23-2)10-6-12/h3-10H,1-2H3/q+1. The average molecular weight is 375 g/mol. The fourth-order valence-electron chi connectivity index (χ4n) is 1.90. The van der Waals surface area contributed by atoms with Gasteiger partial charge in [-0.25, -0.2) is 0 Å². The van der Waals surface area contributed by atoms with Crippen LogP contribution in [0.3, 0.4) is 0 Å². The van der Waals surface area contributed by atoms with E-state index in [1.165, 1.54) is 62.8 Å². The van der Waals surface area contributed by atoms with Crippen molar-refractivity contribution in [2.75, 3.05) is 14.2 Å². The molecule has 0 atom stereocenters. The van der Waals surface area contributed by atoms with E-state index in [2.05, 4.69) is 3.87 Å². The number of carbonyl (C=O) groups excluding carboxylic acids is 1. The number of halogens is 3. The lowest BCUT2D eigenvalue weighted by molar-refractivity contribution is -0.131. The first kappa shape index (κ1) is 18.8. The maximum Gasteiger partial charge on any atom is 0.602 e. The van der Waals surface area contributed by atoms with Crippen LogP contribution in [0.1, 0.15) is 15.0 Å². The first-order valence-corrected chi connectivity index (χ1v) is 8.25. The van der Waals surface area contributed by atoms with Gasteiger partial charge in [0.25, 0.3) is 0 Å². The third-order valence-electron chi connectivity index (χ3n) is 3.18. The molecule has 25 heavy (non-hydrogen) atoms. The number of methoxy groups -OCH3 is 2. The molecule has 2 rings (SSSR count). The molecule has 0 aliphatic carbocycles. The van der Waals surface area contributed by atoms with Gasteiger partial charge in [-0.05, 0) is 48.5 Å². The first-order chi connectivity index (χ1) is 11.7. The minimum atomic E-state index is -5.82. The van der Waals surface area contributed by atoms with Crippen LogP contribution in [0.15, 0.2) is 48.5 Å². The molecule has 0 aromatic heterocycles. The molecule has 0 aliphatic heterocycles. The van der Waals surface area contributed by atoms with Gasteiger partial charge in [-0.1, -0.05) is 0 Å². The molecular formula is C16H14F3O5S+. The van der Waals surface area contributed by atoms with Crippen molar-refractivity contribution in [3.63, 3.8) is 0 Å². The Hall–Kier alpha value is -2.55. The van der Waals surface area contributed by atoms with Crippen LogP contribution in [0, 0.1) is 0 Å². The number of ketones is 1. The summed E-state index contributed by atoms with van der Waals surface area (Å²) in [6, 6.07) is 11.5. The largest absolute Gasteiger partial charge is 0.602 e. The molecule has 0 saturated heterocycles. The van der Waals surface area contributed by atoms with E-state index < -0.39 is 21.4 Å². The predicted molar refractivity (Wildman–Crippen MR) is 84.4 cm³/mol. The molecule has 0 aliphatic rings. The molecule has 0 unspecified atom stereocenters. The van der Waals surface area contributed by atoms with Crippen LogP contribution >= 0.6 is 0 Å². The summed E-state index contributed by atoms with van der Waals surface area (Å²) in [6.07, 6.45) is 0. The maximum atomic E-state index is 12.7. The second-order valence-corrected chi connectivity index (χ2v) is 6.31. The third-order valence-corrected chi connectivity index (χ3v) is 4.13. The topological polar surface area (TPSA) is 63.9 Å². The molecule has 0 radical (unpaired) electrons. The van der Waals surface area contributed by atoms with Gasteiger partial charge in [-0.15, -0.1) is 25.5 Å². The summed E-state index contributed by atoms with van der Waals surface area (Å²) in [6.45, 7) is 0. The molecule has 2 aromatic carbocycles. The molecule has 0 N–H and O–H groups in total. The van der Waals surface area contributed by atoms with Crippen LogP contribution in [0.2, 0.25) is 0 Å². The van der Waals surface area contributed by atoms with Gasteiger partial charge >= 0.3 is 21.4 Å². The van der Waals surface area contributed by atoms with Gasteiger partial charge in [-0.2, -0.15) is 0 Å². The molecule has 134 valence electrons. The average Bonchev–Trinajstić information content (AvgIpc) is 2.59. The molecule has 0 saturated carbocycles. The summed E-state index contributed by atoms with van der Waals surface area (Å²) in [5, 5.41) is 0. The monoisotopic (exact) mass is 375 g/mol. The van der Waals surface area contributed by atoms with Crippen LogP contribution < -0.4 is 9.47 Å². The summed E-state index contributed by atoms with van der Waals surface area (Å²) in [4.78, 5) is 0.